The Morgan fingerprint density at radius 2 is 1.89 bits per heavy atom. The lowest BCUT2D eigenvalue weighted by molar-refractivity contribution is -0.137. The van der Waals surface area contributed by atoms with Crippen molar-refractivity contribution in [2.45, 2.75) is 44.1 Å². The third-order valence-corrected chi connectivity index (χ3v) is 5.20. The fourth-order valence-corrected chi connectivity index (χ4v) is 3.52. The summed E-state index contributed by atoms with van der Waals surface area (Å²) < 4.78 is 24.9. The van der Waals surface area contributed by atoms with E-state index in [9.17, 15) is 18.3 Å². The van der Waals surface area contributed by atoms with Crippen LogP contribution in [0.5, 0.6) is 0 Å². The second-order valence-corrected chi connectivity index (χ2v) is 7.20. The Hall–Kier alpha value is -0.660. The second kappa shape index (κ2) is 5.99. The molecule has 18 heavy (non-hydrogen) atoms. The molecule has 7 heteroatoms. The molecule has 1 fully saturated rings. The minimum absolute atomic E-state index is 0.0977. The van der Waals surface area contributed by atoms with Gasteiger partial charge in [0.2, 0.25) is 10.0 Å². The molecule has 0 atom stereocenters. The van der Waals surface area contributed by atoms with E-state index in [1.807, 2.05) is 0 Å². The summed E-state index contributed by atoms with van der Waals surface area (Å²) in [5.41, 5.74) is -0.908. The average Bonchev–Trinajstić information content (AvgIpc) is 2.63. The predicted octanol–water partition coefficient (Wildman–Crippen LogP) is 0.418. The summed E-state index contributed by atoms with van der Waals surface area (Å²) in [4.78, 5) is 10.3. The molecule has 1 saturated carbocycles. The monoisotopic (exact) mass is 279 g/mol. The van der Waals surface area contributed by atoms with E-state index in [4.69, 9.17) is 5.11 Å². The number of carboxylic acid groups (broad SMARTS) is 1. The van der Waals surface area contributed by atoms with Gasteiger partial charge in [-0.15, -0.1) is 0 Å². The van der Waals surface area contributed by atoms with Crippen molar-refractivity contribution < 1.29 is 23.4 Å². The summed E-state index contributed by atoms with van der Waals surface area (Å²) in [5.74, 6) is -1.19. The van der Waals surface area contributed by atoms with Crippen molar-refractivity contribution in [3.63, 3.8) is 0 Å². The van der Waals surface area contributed by atoms with Crippen LogP contribution in [0.25, 0.3) is 0 Å². The molecular formula is C11H21NO5S. The summed E-state index contributed by atoms with van der Waals surface area (Å²) >= 11 is 0. The van der Waals surface area contributed by atoms with Crippen molar-refractivity contribution in [1.29, 1.82) is 0 Å². The standard InChI is InChI=1S/C11H21NO5S/c1-12(9-11(15)6-2-3-7-11)18(16,17)8-4-5-10(13)14/h15H,2-9H2,1H3,(H,13,14). The van der Waals surface area contributed by atoms with Crippen LogP contribution in [0, 0.1) is 0 Å². The number of sulfonamides is 1. The van der Waals surface area contributed by atoms with E-state index in [0.29, 0.717) is 12.8 Å². The van der Waals surface area contributed by atoms with Gasteiger partial charge in [0.05, 0.1) is 11.4 Å². The van der Waals surface area contributed by atoms with Crippen LogP contribution in [0.1, 0.15) is 38.5 Å². The highest BCUT2D eigenvalue weighted by Gasteiger charge is 2.35. The van der Waals surface area contributed by atoms with Crippen LogP contribution in [0.2, 0.25) is 0 Å². The lowest BCUT2D eigenvalue weighted by atomic mass is 10.0. The zero-order valence-corrected chi connectivity index (χ0v) is 11.4. The molecule has 2 N–H and O–H groups in total. The van der Waals surface area contributed by atoms with Gasteiger partial charge in [0.25, 0.3) is 0 Å². The molecule has 0 aromatic heterocycles. The van der Waals surface area contributed by atoms with Crippen molar-refractivity contribution in [3.05, 3.63) is 0 Å². The number of carboxylic acids is 1. The van der Waals surface area contributed by atoms with Gasteiger partial charge >= 0.3 is 5.97 Å². The highest BCUT2D eigenvalue weighted by atomic mass is 32.2. The number of carbonyl (C=O) groups is 1. The predicted molar refractivity (Wildman–Crippen MR) is 66.7 cm³/mol. The maximum atomic E-state index is 11.9. The number of hydrogen-bond acceptors (Lipinski definition) is 4. The van der Waals surface area contributed by atoms with Gasteiger partial charge in [-0.1, -0.05) is 12.8 Å². The maximum Gasteiger partial charge on any atom is 0.303 e. The van der Waals surface area contributed by atoms with Crippen LogP contribution >= 0.6 is 0 Å². The van der Waals surface area contributed by atoms with Gasteiger partial charge in [0.1, 0.15) is 0 Å². The normalized spacial score (nSPS) is 19.3. The Morgan fingerprint density at radius 3 is 2.39 bits per heavy atom. The second-order valence-electron chi connectivity index (χ2n) is 5.00. The van der Waals surface area contributed by atoms with Gasteiger partial charge in [-0.3, -0.25) is 4.79 Å². The number of nitrogens with zero attached hydrogens (tertiary/aromatic N) is 1. The number of likely N-dealkylation sites (N-methyl/N-ethyl adjacent to an activating group) is 1. The molecular weight excluding hydrogens is 258 g/mol. The zero-order valence-electron chi connectivity index (χ0n) is 10.6. The van der Waals surface area contributed by atoms with Gasteiger partial charge in [0, 0.05) is 20.0 Å². The average molecular weight is 279 g/mol. The Bertz CT molecular complexity index is 386. The molecule has 1 aliphatic rings. The summed E-state index contributed by atoms with van der Waals surface area (Å²) in [6, 6.07) is 0. The SMILES string of the molecule is CN(CC1(O)CCCC1)S(=O)(=O)CCCC(=O)O. The van der Waals surface area contributed by atoms with E-state index in [2.05, 4.69) is 0 Å². The van der Waals surface area contributed by atoms with Crippen molar-refractivity contribution in [3.8, 4) is 0 Å². The van der Waals surface area contributed by atoms with E-state index in [1.54, 1.807) is 0 Å². The highest BCUT2D eigenvalue weighted by molar-refractivity contribution is 7.89. The van der Waals surface area contributed by atoms with E-state index in [0.717, 1.165) is 17.1 Å². The van der Waals surface area contributed by atoms with Gasteiger partial charge in [0.15, 0.2) is 0 Å². The third-order valence-electron chi connectivity index (χ3n) is 3.32. The van der Waals surface area contributed by atoms with Gasteiger partial charge in [-0.2, -0.15) is 0 Å². The molecule has 0 spiro atoms. The van der Waals surface area contributed by atoms with Crippen molar-refractivity contribution in [2.75, 3.05) is 19.3 Å². The van der Waals surface area contributed by atoms with E-state index < -0.39 is 21.6 Å². The largest absolute Gasteiger partial charge is 0.481 e. The molecule has 0 aromatic carbocycles. The molecule has 0 radical (unpaired) electrons. The lowest BCUT2D eigenvalue weighted by Gasteiger charge is -2.28. The van der Waals surface area contributed by atoms with Crippen LogP contribution in [-0.2, 0) is 14.8 Å². The van der Waals surface area contributed by atoms with Crippen molar-refractivity contribution >= 4 is 16.0 Å². The molecule has 6 nitrogen and oxygen atoms in total. The van der Waals surface area contributed by atoms with E-state index in [1.165, 1.54) is 7.05 Å². The molecule has 0 amide bonds. The van der Waals surface area contributed by atoms with Crippen LogP contribution in [0.15, 0.2) is 0 Å². The molecule has 0 saturated heterocycles. The molecule has 1 rings (SSSR count). The number of aliphatic carboxylic acids is 1. The van der Waals surface area contributed by atoms with E-state index >= 15 is 0 Å². The first-order valence-electron chi connectivity index (χ1n) is 6.13. The van der Waals surface area contributed by atoms with Gasteiger partial charge < -0.3 is 10.2 Å². The minimum Gasteiger partial charge on any atom is -0.481 e. The van der Waals surface area contributed by atoms with Crippen LogP contribution in [0.3, 0.4) is 0 Å². The Labute approximate surface area is 108 Å². The first-order valence-corrected chi connectivity index (χ1v) is 7.74. The molecule has 0 aromatic rings. The molecule has 1 aliphatic carbocycles. The Morgan fingerprint density at radius 1 is 1.33 bits per heavy atom. The molecule has 0 heterocycles. The number of hydrogen-bond donors (Lipinski definition) is 2. The quantitative estimate of drug-likeness (QED) is 0.704. The van der Waals surface area contributed by atoms with E-state index in [-0.39, 0.29) is 25.1 Å². The number of rotatable bonds is 7. The highest BCUT2D eigenvalue weighted by Crippen LogP contribution is 2.30. The van der Waals surface area contributed by atoms with Crippen molar-refractivity contribution in [1.82, 2.24) is 4.31 Å². The fraction of sp³-hybridized carbons (Fsp3) is 0.909. The van der Waals surface area contributed by atoms with Crippen LogP contribution in [0.4, 0.5) is 0 Å². The smallest absolute Gasteiger partial charge is 0.303 e. The zero-order chi connectivity index (χ0) is 13.8. The maximum absolute atomic E-state index is 11.9. The van der Waals surface area contributed by atoms with Gasteiger partial charge in [-0.25, -0.2) is 12.7 Å². The van der Waals surface area contributed by atoms with Crippen LogP contribution < -0.4 is 0 Å². The third kappa shape index (κ3) is 4.55. The Balaban J connectivity index is 2.48. The summed E-state index contributed by atoms with van der Waals surface area (Å²) in [5, 5.41) is 18.6. The first kappa shape index (κ1) is 15.4. The Kier molecular flexibility index (Phi) is 5.12. The summed E-state index contributed by atoms with van der Waals surface area (Å²) in [6.07, 6.45) is 3.04. The number of aliphatic hydroxyl groups is 1. The first-order chi connectivity index (χ1) is 8.25. The summed E-state index contributed by atoms with van der Waals surface area (Å²) in [7, 11) is -2.03. The lowest BCUT2D eigenvalue weighted by Crippen LogP contribution is -2.42. The molecule has 0 aliphatic heterocycles. The fourth-order valence-electron chi connectivity index (χ4n) is 2.27. The van der Waals surface area contributed by atoms with Gasteiger partial charge in [-0.05, 0) is 19.3 Å². The topological polar surface area (TPSA) is 94.9 Å². The molecule has 0 bridgehead atoms. The van der Waals surface area contributed by atoms with Crippen molar-refractivity contribution in [2.24, 2.45) is 0 Å². The molecule has 106 valence electrons. The molecule has 0 unspecified atom stereocenters. The minimum atomic E-state index is -3.47. The van der Waals surface area contributed by atoms with Crippen LogP contribution in [-0.4, -0.2) is 53.9 Å². The summed E-state index contributed by atoms with van der Waals surface area (Å²) in [6.45, 7) is 0.0996.